The number of benzene rings is 1. The van der Waals surface area contributed by atoms with Crippen molar-refractivity contribution >= 4 is 40.3 Å². The molecule has 1 unspecified atom stereocenters. The van der Waals surface area contributed by atoms with Crippen LogP contribution in [0.15, 0.2) is 29.1 Å². The first kappa shape index (κ1) is 28.4. The minimum absolute atomic E-state index is 0.0118. The lowest BCUT2D eigenvalue weighted by Crippen LogP contribution is -2.42. The number of rotatable bonds is 5. The number of aromatic carboxylic acids is 1. The van der Waals surface area contributed by atoms with E-state index in [-0.39, 0.29) is 28.4 Å². The van der Waals surface area contributed by atoms with Crippen LogP contribution in [0, 0.1) is 6.92 Å². The molecular weight excluding hydrogens is 522 g/mol. The van der Waals surface area contributed by atoms with Crippen LogP contribution in [-0.4, -0.2) is 55.3 Å². The highest BCUT2D eigenvalue weighted by Gasteiger charge is 2.30. The molecule has 4 rings (SSSR count). The number of carboxylic acids is 1. The van der Waals surface area contributed by atoms with Crippen molar-refractivity contribution in [3.8, 4) is 0 Å². The molecule has 1 atom stereocenters. The third-order valence-electron chi connectivity index (χ3n) is 6.80. The van der Waals surface area contributed by atoms with Gasteiger partial charge in [-0.3, -0.25) is 9.36 Å². The van der Waals surface area contributed by atoms with Gasteiger partial charge in [0.1, 0.15) is 16.6 Å². The molecule has 1 fully saturated rings. The van der Waals surface area contributed by atoms with Crippen LogP contribution >= 0.6 is 11.6 Å². The van der Waals surface area contributed by atoms with Gasteiger partial charge in [0.25, 0.3) is 5.56 Å². The molecule has 2 N–H and O–H groups in total. The Kier molecular flexibility index (Phi) is 7.88. The number of carboxylic acid groups (broad SMARTS) is 1. The van der Waals surface area contributed by atoms with Crippen molar-refractivity contribution in [2.24, 2.45) is 7.05 Å². The Labute approximate surface area is 232 Å². The molecule has 0 spiro atoms. The molecule has 0 radical (unpaired) electrons. The van der Waals surface area contributed by atoms with Crippen molar-refractivity contribution in [1.29, 1.82) is 0 Å². The fourth-order valence-electron chi connectivity index (χ4n) is 4.94. The number of hydrogen-bond acceptors (Lipinski definition) is 7. The van der Waals surface area contributed by atoms with Crippen molar-refractivity contribution in [3.05, 3.63) is 62.4 Å². The van der Waals surface area contributed by atoms with Crippen LogP contribution in [-0.2, 0) is 11.8 Å². The van der Waals surface area contributed by atoms with E-state index < -0.39 is 17.6 Å². The molecule has 3 heterocycles. The van der Waals surface area contributed by atoms with Crippen molar-refractivity contribution in [1.82, 2.24) is 19.4 Å². The number of nitrogens with one attached hydrogen (secondary N) is 1. The predicted octanol–water partition coefficient (Wildman–Crippen LogP) is 5.28. The Morgan fingerprint density at radius 3 is 2.46 bits per heavy atom. The average molecular weight is 556 g/mol. The first-order valence-corrected chi connectivity index (χ1v) is 13.3. The molecule has 1 aromatic carbocycles. The summed E-state index contributed by atoms with van der Waals surface area (Å²) in [5.74, 6) is -0.552. The Balaban J connectivity index is 1.68. The first-order valence-electron chi connectivity index (χ1n) is 12.9. The lowest BCUT2D eigenvalue weighted by atomic mass is 9.95. The molecule has 39 heavy (non-hydrogen) atoms. The number of fused-ring (bicyclic) bond motifs is 1. The fraction of sp³-hybridized carbons (Fsp3) is 0.464. The van der Waals surface area contributed by atoms with Gasteiger partial charge in [0, 0.05) is 31.6 Å². The third kappa shape index (κ3) is 6.16. The molecule has 2 aromatic heterocycles. The van der Waals surface area contributed by atoms with Crippen LogP contribution in [0.3, 0.4) is 0 Å². The molecule has 1 aliphatic heterocycles. The zero-order valence-electron chi connectivity index (χ0n) is 23.0. The topological polar surface area (TPSA) is 127 Å². The van der Waals surface area contributed by atoms with Gasteiger partial charge in [0.05, 0.1) is 22.6 Å². The summed E-state index contributed by atoms with van der Waals surface area (Å²) in [4.78, 5) is 48.4. The number of pyridine rings is 1. The highest BCUT2D eigenvalue weighted by Crippen LogP contribution is 2.31. The summed E-state index contributed by atoms with van der Waals surface area (Å²) >= 11 is 5.91. The van der Waals surface area contributed by atoms with Gasteiger partial charge < -0.3 is 20.1 Å². The highest BCUT2D eigenvalue weighted by molar-refractivity contribution is 6.29. The zero-order chi connectivity index (χ0) is 28.6. The summed E-state index contributed by atoms with van der Waals surface area (Å²) in [6.07, 6.45) is 0.966. The molecule has 10 nitrogen and oxygen atoms in total. The lowest BCUT2D eigenvalue weighted by molar-refractivity contribution is 0.0202. The van der Waals surface area contributed by atoms with Crippen molar-refractivity contribution < 1.29 is 19.4 Å². The Bertz CT molecular complexity index is 1490. The number of likely N-dealkylation sites (tertiary alicyclic amines) is 1. The molecule has 3 aromatic rings. The van der Waals surface area contributed by atoms with Gasteiger partial charge in [-0.25, -0.2) is 19.6 Å². The SMILES string of the molecule is Cc1cc(C(C)Nc2ccc(Cl)nc2C(=O)O)c2nc(C3CCN(C(=O)OC(C)(C)C)CC3)n(C)c(=O)c2c1. The molecule has 1 amide bonds. The van der Waals surface area contributed by atoms with Crippen LogP contribution in [0.5, 0.6) is 0 Å². The van der Waals surface area contributed by atoms with E-state index in [2.05, 4.69) is 10.3 Å². The van der Waals surface area contributed by atoms with E-state index in [0.717, 1.165) is 11.1 Å². The Morgan fingerprint density at radius 2 is 1.85 bits per heavy atom. The average Bonchev–Trinajstić information content (AvgIpc) is 2.86. The van der Waals surface area contributed by atoms with Gasteiger partial charge in [-0.2, -0.15) is 0 Å². The number of nitrogens with zero attached hydrogens (tertiary/aromatic N) is 4. The van der Waals surface area contributed by atoms with E-state index in [9.17, 15) is 19.5 Å². The summed E-state index contributed by atoms with van der Waals surface area (Å²) in [5.41, 5.74) is 1.62. The lowest BCUT2D eigenvalue weighted by Gasteiger charge is -2.33. The maximum Gasteiger partial charge on any atom is 0.410 e. The monoisotopic (exact) mass is 555 g/mol. The summed E-state index contributed by atoms with van der Waals surface area (Å²) in [6, 6.07) is 6.47. The van der Waals surface area contributed by atoms with E-state index in [1.807, 2.05) is 46.8 Å². The molecular formula is C28H34ClN5O5. The van der Waals surface area contributed by atoms with Gasteiger partial charge in [-0.05, 0) is 71.2 Å². The number of carbonyl (C=O) groups is 2. The smallest absolute Gasteiger partial charge is 0.410 e. The third-order valence-corrected chi connectivity index (χ3v) is 7.01. The summed E-state index contributed by atoms with van der Waals surface area (Å²) in [5, 5.41) is 13.4. The first-order chi connectivity index (χ1) is 18.2. The number of piperidine rings is 1. The number of aromatic nitrogens is 3. The zero-order valence-corrected chi connectivity index (χ0v) is 23.8. The van der Waals surface area contributed by atoms with E-state index >= 15 is 0 Å². The number of hydrogen-bond donors (Lipinski definition) is 2. The summed E-state index contributed by atoms with van der Waals surface area (Å²) in [7, 11) is 1.73. The van der Waals surface area contributed by atoms with E-state index in [1.54, 1.807) is 22.6 Å². The summed E-state index contributed by atoms with van der Waals surface area (Å²) < 4.78 is 7.11. The van der Waals surface area contributed by atoms with E-state index in [4.69, 9.17) is 21.3 Å². The minimum atomic E-state index is -1.20. The van der Waals surface area contributed by atoms with Crippen LogP contribution in [0.4, 0.5) is 10.5 Å². The standard InChI is InChI=1S/C28H34ClN5O5/c1-15-13-18(16(2)30-20-7-8-21(29)31-23(20)26(36)37)22-19(14-15)25(35)33(6)24(32-22)17-9-11-34(12-10-17)27(38)39-28(3,4)5/h7-8,13-14,16-17,30H,9-12H2,1-6H3,(H,36,37). The molecule has 11 heteroatoms. The second-order valence-electron chi connectivity index (χ2n) is 11.0. The highest BCUT2D eigenvalue weighted by atomic mass is 35.5. The summed E-state index contributed by atoms with van der Waals surface area (Å²) in [6.45, 7) is 10.3. The van der Waals surface area contributed by atoms with Crippen LogP contribution in [0.25, 0.3) is 10.9 Å². The molecule has 208 valence electrons. The van der Waals surface area contributed by atoms with Gasteiger partial charge >= 0.3 is 12.1 Å². The Morgan fingerprint density at radius 1 is 1.18 bits per heavy atom. The largest absolute Gasteiger partial charge is 0.476 e. The second kappa shape index (κ2) is 10.8. The van der Waals surface area contributed by atoms with E-state index in [0.29, 0.717) is 48.3 Å². The normalized spacial score (nSPS) is 15.3. The maximum atomic E-state index is 13.5. The van der Waals surface area contributed by atoms with Crippen molar-refractivity contribution in [2.75, 3.05) is 18.4 Å². The van der Waals surface area contributed by atoms with Crippen molar-refractivity contribution in [3.63, 3.8) is 0 Å². The van der Waals surface area contributed by atoms with Crippen LogP contribution in [0.2, 0.25) is 5.15 Å². The van der Waals surface area contributed by atoms with E-state index in [1.165, 1.54) is 6.07 Å². The maximum absolute atomic E-state index is 13.5. The predicted molar refractivity (Wildman–Crippen MR) is 150 cm³/mol. The second-order valence-corrected chi connectivity index (χ2v) is 11.4. The molecule has 0 bridgehead atoms. The van der Waals surface area contributed by atoms with Crippen LogP contribution < -0.4 is 10.9 Å². The number of halogens is 1. The number of carbonyl (C=O) groups excluding carboxylic acids is 1. The van der Waals surface area contributed by atoms with Gasteiger partial charge in [0.2, 0.25) is 0 Å². The molecule has 0 aliphatic carbocycles. The van der Waals surface area contributed by atoms with Gasteiger partial charge in [0.15, 0.2) is 5.69 Å². The minimum Gasteiger partial charge on any atom is -0.476 e. The molecule has 1 aliphatic rings. The molecule has 0 saturated carbocycles. The van der Waals surface area contributed by atoms with Crippen molar-refractivity contribution in [2.45, 2.75) is 65.0 Å². The van der Waals surface area contributed by atoms with Gasteiger partial charge in [-0.1, -0.05) is 17.7 Å². The van der Waals surface area contributed by atoms with Gasteiger partial charge in [-0.15, -0.1) is 0 Å². The number of amides is 1. The number of aryl methyl sites for hydroxylation is 1. The quantitative estimate of drug-likeness (QED) is 0.407. The number of ether oxygens (including phenoxy) is 1. The molecule has 1 saturated heterocycles. The van der Waals surface area contributed by atoms with Crippen LogP contribution in [0.1, 0.15) is 79.9 Å². The Hall–Kier alpha value is -3.66. The number of anilines is 1. The fourth-order valence-corrected chi connectivity index (χ4v) is 5.08.